The van der Waals surface area contributed by atoms with E-state index in [1.807, 2.05) is 0 Å². The van der Waals surface area contributed by atoms with Crippen molar-refractivity contribution in [2.75, 3.05) is 7.05 Å². The quantitative estimate of drug-likeness (QED) is 0.657. The third-order valence-electron chi connectivity index (χ3n) is 1.28. The van der Waals surface area contributed by atoms with Crippen LogP contribution in [0.5, 0.6) is 0 Å². The summed E-state index contributed by atoms with van der Waals surface area (Å²) in [6.45, 7) is 0. The number of hydrogen-bond acceptors (Lipinski definition) is 1. The zero-order valence-electron chi connectivity index (χ0n) is 5.27. The standard InChI is InChI=1S/C6H5Br2NO/c1-9-4(3-7)2-5(8)6(9)10/h2-3H,1H3/b4-3+. The van der Waals surface area contributed by atoms with Crippen LogP contribution in [0.25, 0.3) is 0 Å². The molecule has 0 aromatic heterocycles. The molecule has 0 N–H and O–H groups in total. The molecule has 1 aliphatic rings. The van der Waals surface area contributed by atoms with E-state index in [-0.39, 0.29) is 5.91 Å². The summed E-state index contributed by atoms with van der Waals surface area (Å²) < 4.78 is 0.598. The lowest BCUT2D eigenvalue weighted by Crippen LogP contribution is -2.18. The van der Waals surface area contributed by atoms with Gasteiger partial charge in [0, 0.05) is 12.0 Å². The van der Waals surface area contributed by atoms with Gasteiger partial charge >= 0.3 is 0 Å². The number of allylic oxidation sites excluding steroid dienone is 1. The van der Waals surface area contributed by atoms with Crippen molar-refractivity contribution in [1.29, 1.82) is 0 Å². The lowest BCUT2D eigenvalue weighted by atomic mass is 10.5. The van der Waals surface area contributed by atoms with Gasteiger partial charge in [-0.25, -0.2) is 0 Å². The van der Waals surface area contributed by atoms with E-state index in [1.54, 1.807) is 23.0 Å². The van der Waals surface area contributed by atoms with Crippen molar-refractivity contribution in [2.24, 2.45) is 0 Å². The van der Waals surface area contributed by atoms with Gasteiger partial charge in [0.25, 0.3) is 5.91 Å². The second-order valence-electron chi connectivity index (χ2n) is 1.89. The maximum atomic E-state index is 11.0. The first-order valence-corrected chi connectivity index (χ1v) is 4.33. The van der Waals surface area contributed by atoms with E-state index in [2.05, 4.69) is 31.9 Å². The van der Waals surface area contributed by atoms with Crippen LogP contribution in [0.15, 0.2) is 21.2 Å². The Hall–Kier alpha value is -0.0900. The van der Waals surface area contributed by atoms with Gasteiger partial charge in [0.15, 0.2) is 0 Å². The van der Waals surface area contributed by atoms with E-state index in [9.17, 15) is 4.79 Å². The molecule has 0 radical (unpaired) electrons. The van der Waals surface area contributed by atoms with Gasteiger partial charge in [0.05, 0.1) is 10.2 Å². The van der Waals surface area contributed by atoms with Crippen molar-refractivity contribution in [3.05, 3.63) is 21.2 Å². The van der Waals surface area contributed by atoms with E-state index in [0.29, 0.717) is 4.48 Å². The molecular formula is C6H5Br2NO. The SMILES string of the molecule is CN1C(=O)C(Br)=C/C1=C\Br. The van der Waals surface area contributed by atoms with Gasteiger partial charge in [-0.3, -0.25) is 4.79 Å². The summed E-state index contributed by atoms with van der Waals surface area (Å²) in [6.07, 6.45) is 1.76. The van der Waals surface area contributed by atoms with Crippen molar-refractivity contribution in [2.45, 2.75) is 0 Å². The predicted molar refractivity (Wildman–Crippen MR) is 46.8 cm³/mol. The van der Waals surface area contributed by atoms with Crippen molar-refractivity contribution in [3.8, 4) is 0 Å². The topological polar surface area (TPSA) is 20.3 Å². The summed E-state index contributed by atoms with van der Waals surface area (Å²) in [5.41, 5.74) is 0.858. The van der Waals surface area contributed by atoms with Crippen molar-refractivity contribution >= 4 is 37.8 Å². The highest BCUT2D eigenvalue weighted by Gasteiger charge is 2.21. The molecule has 1 amide bonds. The summed E-state index contributed by atoms with van der Waals surface area (Å²) in [4.78, 5) is 14.3. The smallest absolute Gasteiger partial charge is 0.265 e. The van der Waals surface area contributed by atoms with E-state index in [1.165, 1.54) is 0 Å². The van der Waals surface area contributed by atoms with Crippen LogP contribution in [-0.4, -0.2) is 17.9 Å². The van der Waals surface area contributed by atoms with Crippen molar-refractivity contribution in [1.82, 2.24) is 4.90 Å². The molecule has 10 heavy (non-hydrogen) atoms. The highest BCUT2D eigenvalue weighted by Crippen LogP contribution is 2.23. The summed E-state index contributed by atoms with van der Waals surface area (Å²) in [6, 6.07) is 0. The van der Waals surface area contributed by atoms with Gasteiger partial charge in [0.1, 0.15) is 0 Å². The summed E-state index contributed by atoms with van der Waals surface area (Å²) in [5.74, 6) is -0.00861. The third-order valence-corrected chi connectivity index (χ3v) is 2.32. The average molecular weight is 267 g/mol. The van der Waals surface area contributed by atoms with Gasteiger partial charge < -0.3 is 4.90 Å². The number of likely N-dealkylation sites (N-methyl/N-ethyl adjacent to an activating group) is 1. The molecule has 0 aromatic carbocycles. The van der Waals surface area contributed by atoms with E-state index < -0.39 is 0 Å². The van der Waals surface area contributed by atoms with Crippen LogP contribution < -0.4 is 0 Å². The zero-order chi connectivity index (χ0) is 7.72. The number of carbonyl (C=O) groups excluding carboxylic acids is 1. The van der Waals surface area contributed by atoms with Crippen molar-refractivity contribution < 1.29 is 4.79 Å². The second-order valence-corrected chi connectivity index (χ2v) is 3.20. The monoisotopic (exact) mass is 265 g/mol. The molecule has 0 aliphatic carbocycles. The van der Waals surface area contributed by atoms with E-state index >= 15 is 0 Å². The largest absolute Gasteiger partial charge is 0.310 e. The third kappa shape index (κ3) is 1.18. The highest BCUT2D eigenvalue weighted by atomic mass is 79.9. The predicted octanol–water partition coefficient (Wildman–Crippen LogP) is 1.97. The van der Waals surface area contributed by atoms with Crippen LogP contribution in [0, 0.1) is 0 Å². The van der Waals surface area contributed by atoms with Crippen LogP contribution in [0.3, 0.4) is 0 Å². The Morgan fingerprint density at radius 2 is 2.30 bits per heavy atom. The Morgan fingerprint density at radius 3 is 2.50 bits per heavy atom. The molecular weight excluding hydrogens is 262 g/mol. The van der Waals surface area contributed by atoms with Gasteiger partial charge in [0.2, 0.25) is 0 Å². The minimum Gasteiger partial charge on any atom is -0.310 e. The van der Waals surface area contributed by atoms with Gasteiger partial charge in [-0.05, 0) is 22.0 Å². The molecule has 1 aliphatic heterocycles. The number of hydrogen-bond donors (Lipinski definition) is 0. The lowest BCUT2D eigenvalue weighted by molar-refractivity contribution is -0.122. The molecule has 0 unspecified atom stereocenters. The minimum atomic E-state index is -0.00861. The second kappa shape index (κ2) is 2.88. The van der Waals surface area contributed by atoms with Crippen LogP contribution in [0.4, 0.5) is 0 Å². The summed E-state index contributed by atoms with van der Waals surface area (Å²) in [7, 11) is 1.72. The average Bonchev–Trinajstić information content (AvgIpc) is 2.17. The Labute approximate surface area is 75.8 Å². The summed E-state index contributed by atoms with van der Waals surface area (Å²) >= 11 is 6.28. The number of halogens is 2. The minimum absolute atomic E-state index is 0.00861. The molecule has 1 heterocycles. The van der Waals surface area contributed by atoms with E-state index in [0.717, 1.165) is 5.70 Å². The fourth-order valence-corrected chi connectivity index (χ4v) is 1.61. The first kappa shape index (κ1) is 8.01. The number of amides is 1. The molecule has 0 spiro atoms. The Balaban J connectivity index is 2.98. The first-order valence-electron chi connectivity index (χ1n) is 2.62. The molecule has 2 nitrogen and oxygen atoms in total. The fraction of sp³-hybridized carbons (Fsp3) is 0.167. The molecule has 0 saturated heterocycles. The number of rotatable bonds is 0. The Bertz CT molecular complexity index is 232. The lowest BCUT2D eigenvalue weighted by Gasteiger charge is -2.08. The molecule has 0 fully saturated rings. The number of carbonyl (C=O) groups is 1. The normalized spacial score (nSPS) is 22.3. The highest BCUT2D eigenvalue weighted by molar-refractivity contribution is 9.12. The maximum Gasteiger partial charge on any atom is 0.265 e. The van der Waals surface area contributed by atoms with E-state index in [4.69, 9.17) is 0 Å². The van der Waals surface area contributed by atoms with Gasteiger partial charge in [-0.1, -0.05) is 15.9 Å². The van der Waals surface area contributed by atoms with Crippen molar-refractivity contribution in [3.63, 3.8) is 0 Å². The Morgan fingerprint density at radius 1 is 1.70 bits per heavy atom. The molecule has 0 atom stereocenters. The first-order chi connectivity index (χ1) is 4.66. The van der Waals surface area contributed by atoms with Crippen LogP contribution in [0.1, 0.15) is 0 Å². The molecule has 0 saturated carbocycles. The van der Waals surface area contributed by atoms with Crippen LogP contribution in [0.2, 0.25) is 0 Å². The fourth-order valence-electron chi connectivity index (χ4n) is 0.671. The molecule has 54 valence electrons. The molecule has 4 heteroatoms. The van der Waals surface area contributed by atoms with Crippen LogP contribution in [-0.2, 0) is 4.79 Å². The molecule has 1 rings (SSSR count). The molecule has 0 aromatic rings. The Kier molecular flexibility index (Phi) is 2.31. The molecule has 0 bridgehead atoms. The van der Waals surface area contributed by atoms with Gasteiger partial charge in [-0.2, -0.15) is 0 Å². The number of nitrogens with zero attached hydrogens (tertiary/aromatic N) is 1. The maximum absolute atomic E-state index is 11.0. The van der Waals surface area contributed by atoms with Crippen LogP contribution >= 0.6 is 31.9 Å². The zero-order valence-corrected chi connectivity index (χ0v) is 8.44. The summed E-state index contributed by atoms with van der Waals surface area (Å²) in [5, 5.41) is 0. The van der Waals surface area contributed by atoms with Gasteiger partial charge in [-0.15, -0.1) is 0 Å².